The molecule has 0 aromatic carbocycles. The van der Waals surface area contributed by atoms with Crippen LogP contribution < -0.4 is 17.0 Å². The minimum atomic E-state index is 0.0404. The molecule has 0 radical (unpaired) electrons. The average Bonchev–Trinajstić information content (AvgIpc) is 2.92. The topological polar surface area (TPSA) is 92.7 Å². The van der Waals surface area contributed by atoms with Crippen LogP contribution in [0.15, 0.2) is 23.0 Å². The highest BCUT2D eigenvalue weighted by Crippen LogP contribution is 2.22. The summed E-state index contributed by atoms with van der Waals surface area (Å²) >= 11 is 1.70. The number of rotatable bonds is 5. The van der Waals surface area contributed by atoms with Crippen molar-refractivity contribution in [3.05, 3.63) is 34.2 Å². The first kappa shape index (κ1) is 11.1. The minimum absolute atomic E-state index is 0.0404. The summed E-state index contributed by atoms with van der Waals surface area (Å²) in [6.07, 6.45) is 3.59. The second kappa shape index (κ2) is 5.11. The van der Waals surface area contributed by atoms with E-state index in [4.69, 9.17) is 11.6 Å². The second-order valence-corrected chi connectivity index (χ2v) is 4.41. The zero-order valence-electron chi connectivity index (χ0n) is 8.81. The molecule has 6 heteroatoms. The summed E-state index contributed by atoms with van der Waals surface area (Å²) in [5.41, 5.74) is 10.8. The standard InChI is InChI=1S/C10H15N5S/c11-10-8(5-13-15-10)9(14-12)2-1-7-3-4-16-6-7/h3-6,9,14H,1-2,12H2,(H3,11,13,15). The third-order valence-electron chi connectivity index (χ3n) is 2.58. The monoisotopic (exact) mass is 237 g/mol. The lowest BCUT2D eigenvalue weighted by atomic mass is 10.0. The molecule has 6 N–H and O–H groups in total. The number of nitrogen functional groups attached to an aromatic ring is 1. The highest BCUT2D eigenvalue weighted by molar-refractivity contribution is 7.07. The summed E-state index contributed by atoms with van der Waals surface area (Å²) in [7, 11) is 0. The van der Waals surface area contributed by atoms with Gasteiger partial charge in [0.25, 0.3) is 0 Å². The lowest BCUT2D eigenvalue weighted by Crippen LogP contribution is -2.28. The van der Waals surface area contributed by atoms with E-state index in [0.29, 0.717) is 5.82 Å². The number of thiophene rings is 1. The van der Waals surface area contributed by atoms with Gasteiger partial charge in [-0.2, -0.15) is 16.4 Å². The van der Waals surface area contributed by atoms with Crippen LogP contribution in [0, 0.1) is 0 Å². The third-order valence-corrected chi connectivity index (χ3v) is 3.31. The summed E-state index contributed by atoms with van der Waals surface area (Å²) in [6.45, 7) is 0. The van der Waals surface area contributed by atoms with Gasteiger partial charge in [0, 0.05) is 5.56 Å². The third kappa shape index (κ3) is 2.41. The number of H-pyrrole nitrogens is 1. The zero-order chi connectivity index (χ0) is 11.4. The van der Waals surface area contributed by atoms with E-state index in [1.54, 1.807) is 17.5 Å². The number of hydrazine groups is 1. The van der Waals surface area contributed by atoms with E-state index >= 15 is 0 Å². The van der Waals surface area contributed by atoms with Gasteiger partial charge in [0.1, 0.15) is 5.82 Å². The Balaban J connectivity index is 1.99. The van der Waals surface area contributed by atoms with Gasteiger partial charge in [0.2, 0.25) is 0 Å². The molecule has 0 bridgehead atoms. The summed E-state index contributed by atoms with van der Waals surface area (Å²) < 4.78 is 0. The van der Waals surface area contributed by atoms with E-state index in [-0.39, 0.29) is 6.04 Å². The van der Waals surface area contributed by atoms with E-state index in [9.17, 15) is 0 Å². The SMILES string of the molecule is NNC(CCc1ccsc1)c1cn[nH]c1N. The van der Waals surface area contributed by atoms with Crippen LogP contribution in [0.5, 0.6) is 0 Å². The number of aryl methyl sites for hydroxylation is 1. The predicted octanol–water partition coefficient (Wildman–Crippen LogP) is 1.19. The number of aromatic amines is 1. The zero-order valence-corrected chi connectivity index (χ0v) is 9.63. The number of nitrogens with zero attached hydrogens (tertiary/aromatic N) is 1. The number of anilines is 1. The Kier molecular flexibility index (Phi) is 3.55. The van der Waals surface area contributed by atoms with Crippen LogP contribution in [0.25, 0.3) is 0 Å². The number of aromatic nitrogens is 2. The maximum Gasteiger partial charge on any atom is 0.123 e. The maximum atomic E-state index is 5.75. The number of nitrogens with one attached hydrogen (secondary N) is 2. The number of hydrogen-bond donors (Lipinski definition) is 4. The Morgan fingerprint density at radius 2 is 2.44 bits per heavy atom. The molecule has 1 atom stereocenters. The minimum Gasteiger partial charge on any atom is -0.384 e. The van der Waals surface area contributed by atoms with Crippen molar-refractivity contribution in [1.29, 1.82) is 0 Å². The van der Waals surface area contributed by atoms with Gasteiger partial charge in [-0.1, -0.05) is 0 Å². The smallest absolute Gasteiger partial charge is 0.123 e. The van der Waals surface area contributed by atoms with E-state index < -0.39 is 0 Å². The second-order valence-electron chi connectivity index (χ2n) is 3.63. The Bertz CT molecular complexity index is 422. The molecule has 0 saturated heterocycles. The van der Waals surface area contributed by atoms with Gasteiger partial charge in [-0.05, 0) is 35.2 Å². The molecule has 5 nitrogen and oxygen atoms in total. The number of nitrogens with two attached hydrogens (primary N) is 2. The van der Waals surface area contributed by atoms with E-state index in [1.807, 2.05) is 0 Å². The fourth-order valence-electron chi connectivity index (χ4n) is 1.66. The van der Waals surface area contributed by atoms with Gasteiger partial charge >= 0.3 is 0 Å². The quantitative estimate of drug-likeness (QED) is 0.464. The normalized spacial score (nSPS) is 12.8. The van der Waals surface area contributed by atoms with Crippen molar-refractivity contribution in [3.63, 3.8) is 0 Å². The molecule has 86 valence electrons. The molecule has 0 spiro atoms. The van der Waals surface area contributed by atoms with Crippen LogP contribution in [-0.2, 0) is 6.42 Å². The fraction of sp³-hybridized carbons (Fsp3) is 0.300. The molecule has 0 aliphatic rings. The Hall–Kier alpha value is -1.37. The van der Waals surface area contributed by atoms with Crippen LogP contribution >= 0.6 is 11.3 Å². The fourth-order valence-corrected chi connectivity index (χ4v) is 2.36. The Labute approximate surface area is 97.8 Å². The van der Waals surface area contributed by atoms with Crippen LogP contribution in [0.3, 0.4) is 0 Å². The Morgan fingerprint density at radius 1 is 1.56 bits per heavy atom. The number of hydrogen-bond acceptors (Lipinski definition) is 5. The lowest BCUT2D eigenvalue weighted by molar-refractivity contribution is 0.518. The van der Waals surface area contributed by atoms with Crippen molar-refractivity contribution in [2.45, 2.75) is 18.9 Å². The van der Waals surface area contributed by atoms with E-state index in [1.165, 1.54) is 5.56 Å². The van der Waals surface area contributed by atoms with Crippen molar-refractivity contribution < 1.29 is 0 Å². The largest absolute Gasteiger partial charge is 0.384 e. The first-order valence-corrected chi connectivity index (χ1v) is 6.01. The maximum absolute atomic E-state index is 5.75. The molecule has 16 heavy (non-hydrogen) atoms. The first-order valence-electron chi connectivity index (χ1n) is 5.07. The van der Waals surface area contributed by atoms with Crippen molar-refractivity contribution in [2.75, 3.05) is 5.73 Å². The first-order chi connectivity index (χ1) is 7.81. The lowest BCUT2D eigenvalue weighted by Gasteiger charge is -2.14. The molecule has 2 rings (SSSR count). The van der Waals surface area contributed by atoms with E-state index in [0.717, 1.165) is 18.4 Å². The van der Waals surface area contributed by atoms with Gasteiger partial charge in [-0.3, -0.25) is 16.4 Å². The van der Waals surface area contributed by atoms with Crippen LogP contribution in [-0.4, -0.2) is 10.2 Å². The van der Waals surface area contributed by atoms with Gasteiger partial charge in [0.05, 0.1) is 12.2 Å². The molecule has 2 heterocycles. The van der Waals surface area contributed by atoms with Crippen molar-refractivity contribution in [2.24, 2.45) is 5.84 Å². The molecular weight excluding hydrogens is 222 g/mol. The highest BCUT2D eigenvalue weighted by Gasteiger charge is 2.14. The van der Waals surface area contributed by atoms with Crippen LogP contribution in [0.2, 0.25) is 0 Å². The molecular formula is C10H15N5S. The highest BCUT2D eigenvalue weighted by atomic mass is 32.1. The van der Waals surface area contributed by atoms with E-state index in [2.05, 4.69) is 32.4 Å². The molecule has 0 saturated carbocycles. The molecule has 0 aliphatic heterocycles. The van der Waals surface area contributed by atoms with Gasteiger partial charge in [-0.15, -0.1) is 0 Å². The van der Waals surface area contributed by atoms with Gasteiger partial charge < -0.3 is 5.73 Å². The molecule has 0 aliphatic carbocycles. The summed E-state index contributed by atoms with van der Waals surface area (Å²) in [5.74, 6) is 6.10. The molecule has 2 aromatic heterocycles. The molecule has 1 unspecified atom stereocenters. The van der Waals surface area contributed by atoms with Crippen LogP contribution in [0.1, 0.15) is 23.6 Å². The Morgan fingerprint density at radius 3 is 3.00 bits per heavy atom. The van der Waals surface area contributed by atoms with Crippen molar-refractivity contribution >= 4 is 17.2 Å². The summed E-state index contributed by atoms with van der Waals surface area (Å²) in [5, 5.41) is 10.8. The van der Waals surface area contributed by atoms with Crippen molar-refractivity contribution in [1.82, 2.24) is 15.6 Å². The molecule has 2 aromatic rings. The van der Waals surface area contributed by atoms with Crippen LogP contribution in [0.4, 0.5) is 5.82 Å². The van der Waals surface area contributed by atoms with Gasteiger partial charge in [0.15, 0.2) is 0 Å². The summed E-state index contributed by atoms with van der Waals surface area (Å²) in [4.78, 5) is 0. The summed E-state index contributed by atoms with van der Waals surface area (Å²) in [6, 6.07) is 2.16. The predicted molar refractivity (Wildman–Crippen MR) is 65.7 cm³/mol. The van der Waals surface area contributed by atoms with Crippen molar-refractivity contribution in [3.8, 4) is 0 Å². The van der Waals surface area contributed by atoms with Gasteiger partial charge in [-0.25, -0.2) is 0 Å². The molecule has 0 amide bonds. The average molecular weight is 237 g/mol. The molecule has 0 fully saturated rings.